The molecule has 9 heteroatoms. The molecule has 0 aliphatic carbocycles. The highest BCUT2D eigenvalue weighted by Crippen LogP contribution is 2.39. The summed E-state index contributed by atoms with van der Waals surface area (Å²) in [5.41, 5.74) is 1.28. The van der Waals surface area contributed by atoms with Crippen molar-refractivity contribution >= 4 is 17.4 Å². The normalized spacial score (nSPS) is 21.3. The number of benzene rings is 1. The molecule has 0 spiro atoms. The molecule has 1 amide bonds. The maximum Gasteiger partial charge on any atom is 0.295 e. The van der Waals surface area contributed by atoms with Crippen molar-refractivity contribution in [1.82, 2.24) is 19.8 Å². The number of morpholine rings is 1. The second-order valence-electron chi connectivity index (χ2n) is 7.91. The number of aliphatic hydroxyl groups excluding tert-OH is 1. The Morgan fingerprint density at radius 3 is 2.50 bits per heavy atom. The van der Waals surface area contributed by atoms with Crippen LogP contribution in [0.15, 0.2) is 36.0 Å². The van der Waals surface area contributed by atoms with E-state index in [0.29, 0.717) is 36.8 Å². The number of ether oxygens (including phenoxy) is 1. The lowest BCUT2D eigenvalue weighted by Crippen LogP contribution is -2.42. The molecule has 1 N–H and O–H groups in total. The van der Waals surface area contributed by atoms with Gasteiger partial charge < -0.3 is 14.7 Å². The molecule has 2 aliphatic rings. The minimum absolute atomic E-state index is 0.0425. The summed E-state index contributed by atoms with van der Waals surface area (Å²) in [6.07, 6.45) is 1.44. The summed E-state index contributed by atoms with van der Waals surface area (Å²) in [5, 5.41) is 11.1. The van der Waals surface area contributed by atoms with Crippen molar-refractivity contribution in [2.24, 2.45) is 0 Å². The quantitative estimate of drug-likeness (QED) is 0.432. The number of amides is 1. The Kier molecular flexibility index (Phi) is 6.29. The van der Waals surface area contributed by atoms with Gasteiger partial charge in [0.15, 0.2) is 0 Å². The first-order chi connectivity index (χ1) is 15.4. The fourth-order valence-electron chi connectivity index (χ4n) is 4.14. The number of nitrogens with zero attached hydrogens (tertiary/aromatic N) is 4. The van der Waals surface area contributed by atoms with Gasteiger partial charge >= 0.3 is 0 Å². The fourth-order valence-corrected chi connectivity index (χ4v) is 4.14. The molecular formula is C23H25FN4O4. The number of aliphatic hydroxyl groups is 1. The van der Waals surface area contributed by atoms with Crippen LogP contribution in [-0.2, 0) is 14.3 Å². The first-order valence-corrected chi connectivity index (χ1v) is 10.5. The number of hydrogen-bond donors (Lipinski definition) is 1. The molecule has 2 fully saturated rings. The summed E-state index contributed by atoms with van der Waals surface area (Å²) in [4.78, 5) is 38.0. The third kappa shape index (κ3) is 4.26. The second-order valence-corrected chi connectivity index (χ2v) is 7.91. The van der Waals surface area contributed by atoms with E-state index in [-0.39, 0.29) is 23.4 Å². The van der Waals surface area contributed by atoms with E-state index in [9.17, 15) is 19.1 Å². The molecule has 0 radical (unpaired) electrons. The number of carbonyl (C=O) groups excluding carboxylic acids is 2. The second kappa shape index (κ2) is 9.13. The van der Waals surface area contributed by atoms with Gasteiger partial charge in [-0.3, -0.25) is 14.5 Å². The van der Waals surface area contributed by atoms with Gasteiger partial charge in [-0.05, 0) is 31.5 Å². The van der Waals surface area contributed by atoms with E-state index in [1.807, 2.05) is 0 Å². The van der Waals surface area contributed by atoms with E-state index in [4.69, 9.17) is 4.74 Å². The molecule has 32 heavy (non-hydrogen) atoms. The smallest absolute Gasteiger partial charge is 0.295 e. The van der Waals surface area contributed by atoms with Crippen molar-refractivity contribution in [3.63, 3.8) is 0 Å². The third-order valence-corrected chi connectivity index (χ3v) is 5.84. The molecule has 8 nitrogen and oxygen atoms in total. The van der Waals surface area contributed by atoms with Crippen molar-refractivity contribution in [1.29, 1.82) is 0 Å². The summed E-state index contributed by atoms with van der Waals surface area (Å²) in [7, 11) is 0. The van der Waals surface area contributed by atoms with E-state index in [1.54, 1.807) is 13.8 Å². The number of aryl methyl sites for hydroxylation is 2. The molecule has 1 atom stereocenters. The Balaban J connectivity index is 1.75. The van der Waals surface area contributed by atoms with Crippen molar-refractivity contribution in [3.8, 4) is 0 Å². The number of ketones is 1. The molecule has 2 aliphatic heterocycles. The predicted molar refractivity (Wildman–Crippen MR) is 114 cm³/mol. The number of carbonyl (C=O) groups is 2. The zero-order chi connectivity index (χ0) is 22.8. The lowest BCUT2D eigenvalue weighted by Gasteiger charge is -2.31. The SMILES string of the molecule is Cc1ncc(/C(O)=C2\C(=O)C(=O)N(CCN3CCOCC3)[C@H]2c2ccc(F)cc2)c(C)n1. The molecule has 2 aromatic rings. The molecule has 0 unspecified atom stereocenters. The first kappa shape index (κ1) is 22.0. The average molecular weight is 440 g/mol. The van der Waals surface area contributed by atoms with Crippen LogP contribution < -0.4 is 0 Å². The summed E-state index contributed by atoms with van der Waals surface area (Å²) in [6.45, 7) is 6.98. The highest BCUT2D eigenvalue weighted by atomic mass is 19.1. The van der Waals surface area contributed by atoms with E-state index in [0.717, 1.165) is 13.1 Å². The molecule has 2 saturated heterocycles. The van der Waals surface area contributed by atoms with E-state index in [2.05, 4.69) is 14.9 Å². The summed E-state index contributed by atoms with van der Waals surface area (Å²) < 4.78 is 18.9. The van der Waals surface area contributed by atoms with Gasteiger partial charge in [0.25, 0.3) is 11.7 Å². The molecule has 0 bridgehead atoms. The monoisotopic (exact) mass is 440 g/mol. The van der Waals surface area contributed by atoms with Crippen LogP contribution in [0.25, 0.3) is 5.76 Å². The van der Waals surface area contributed by atoms with Crippen molar-refractivity contribution in [2.75, 3.05) is 39.4 Å². The number of halogens is 1. The topological polar surface area (TPSA) is 95.9 Å². The minimum atomic E-state index is -0.836. The first-order valence-electron chi connectivity index (χ1n) is 10.5. The van der Waals surface area contributed by atoms with Gasteiger partial charge in [-0.25, -0.2) is 14.4 Å². The van der Waals surface area contributed by atoms with Crippen LogP contribution in [0, 0.1) is 19.7 Å². The highest BCUT2D eigenvalue weighted by molar-refractivity contribution is 6.46. The molecule has 1 aromatic carbocycles. The molecular weight excluding hydrogens is 415 g/mol. The van der Waals surface area contributed by atoms with Crippen LogP contribution >= 0.6 is 0 Å². The molecule has 4 rings (SSSR count). The lowest BCUT2D eigenvalue weighted by atomic mass is 9.95. The molecule has 1 aromatic heterocycles. The summed E-state index contributed by atoms with van der Waals surface area (Å²) >= 11 is 0. The van der Waals surface area contributed by atoms with E-state index >= 15 is 0 Å². The zero-order valence-electron chi connectivity index (χ0n) is 18.0. The fraction of sp³-hybridized carbons (Fsp3) is 0.391. The van der Waals surface area contributed by atoms with Gasteiger partial charge in [-0.15, -0.1) is 0 Å². The average Bonchev–Trinajstić information content (AvgIpc) is 3.03. The number of aromatic nitrogens is 2. The van der Waals surface area contributed by atoms with Crippen LogP contribution in [0.2, 0.25) is 0 Å². The number of hydrogen-bond acceptors (Lipinski definition) is 7. The lowest BCUT2D eigenvalue weighted by molar-refractivity contribution is -0.140. The van der Waals surface area contributed by atoms with Gasteiger partial charge in [0, 0.05) is 32.4 Å². The Labute approximate surface area is 185 Å². The minimum Gasteiger partial charge on any atom is -0.507 e. The van der Waals surface area contributed by atoms with Crippen LogP contribution in [0.4, 0.5) is 4.39 Å². The van der Waals surface area contributed by atoms with Gasteiger partial charge in [-0.2, -0.15) is 0 Å². The Hall–Kier alpha value is -3.17. The standard InChI is InChI=1S/C23H25FN4O4/c1-14-18(13-25-15(2)26-14)21(29)19-20(16-3-5-17(24)6-4-16)28(23(31)22(19)30)8-7-27-9-11-32-12-10-27/h3-6,13,20,29H,7-12H2,1-2H3/b21-19+/t20-/m0/s1. The maximum absolute atomic E-state index is 13.6. The van der Waals surface area contributed by atoms with Gasteiger partial charge in [0.1, 0.15) is 17.4 Å². The van der Waals surface area contributed by atoms with Crippen LogP contribution in [0.3, 0.4) is 0 Å². The van der Waals surface area contributed by atoms with Crippen molar-refractivity contribution in [3.05, 3.63) is 64.5 Å². The Morgan fingerprint density at radius 1 is 1.16 bits per heavy atom. The van der Waals surface area contributed by atoms with Crippen LogP contribution in [-0.4, -0.2) is 76.0 Å². The number of Topliss-reactive ketones (excluding diaryl/α,β-unsaturated/α-hetero) is 1. The van der Waals surface area contributed by atoms with E-state index < -0.39 is 23.5 Å². The maximum atomic E-state index is 13.6. The number of rotatable bonds is 5. The van der Waals surface area contributed by atoms with Gasteiger partial charge in [-0.1, -0.05) is 12.1 Å². The highest BCUT2D eigenvalue weighted by Gasteiger charge is 2.46. The van der Waals surface area contributed by atoms with E-state index in [1.165, 1.54) is 35.4 Å². The largest absolute Gasteiger partial charge is 0.507 e. The Bertz CT molecular complexity index is 1060. The molecule has 168 valence electrons. The Morgan fingerprint density at radius 2 is 1.84 bits per heavy atom. The van der Waals surface area contributed by atoms with Gasteiger partial charge in [0.2, 0.25) is 0 Å². The van der Waals surface area contributed by atoms with Crippen molar-refractivity contribution < 1.29 is 23.8 Å². The molecule has 3 heterocycles. The van der Waals surface area contributed by atoms with Gasteiger partial charge in [0.05, 0.1) is 36.1 Å². The van der Waals surface area contributed by atoms with Crippen molar-refractivity contribution in [2.45, 2.75) is 19.9 Å². The van der Waals surface area contributed by atoms with Crippen LogP contribution in [0.1, 0.15) is 28.7 Å². The number of likely N-dealkylation sites (tertiary alicyclic amines) is 1. The van der Waals surface area contributed by atoms with Crippen LogP contribution in [0.5, 0.6) is 0 Å². The molecule has 0 saturated carbocycles. The predicted octanol–water partition coefficient (Wildman–Crippen LogP) is 1.99. The third-order valence-electron chi connectivity index (χ3n) is 5.84. The summed E-state index contributed by atoms with van der Waals surface area (Å²) in [6, 6.07) is 4.77. The summed E-state index contributed by atoms with van der Waals surface area (Å²) in [5.74, 6) is -1.70. The zero-order valence-corrected chi connectivity index (χ0v) is 18.0.